The van der Waals surface area contributed by atoms with Crippen LogP contribution < -0.4 is 20.9 Å². The van der Waals surface area contributed by atoms with E-state index in [0.29, 0.717) is 29.1 Å². The zero-order valence-electron chi connectivity index (χ0n) is 20.5. The number of rotatable bonds is 8. The number of aryl methyl sites for hydroxylation is 1. The zero-order chi connectivity index (χ0) is 26.3. The Morgan fingerprint density at radius 3 is 2.64 bits per heavy atom. The second-order valence-electron chi connectivity index (χ2n) is 8.88. The fourth-order valence-electron chi connectivity index (χ4n) is 4.12. The first kappa shape index (κ1) is 25.9. The van der Waals surface area contributed by atoms with Gasteiger partial charge in [0.15, 0.2) is 5.84 Å². The lowest BCUT2D eigenvalue weighted by molar-refractivity contribution is 0.404. The summed E-state index contributed by atoms with van der Waals surface area (Å²) in [5.41, 5.74) is 0.522. The molecule has 0 bridgehead atoms. The number of hydrogen-bond acceptors (Lipinski definition) is 7. The van der Waals surface area contributed by atoms with Crippen molar-refractivity contribution in [3.05, 3.63) is 58.4 Å². The van der Waals surface area contributed by atoms with Crippen molar-refractivity contribution in [2.24, 2.45) is 10.7 Å². The van der Waals surface area contributed by atoms with Gasteiger partial charge in [0, 0.05) is 24.7 Å². The minimum absolute atomic E-state index is 0.0814. The monoisotopic (exact) mass is 532 g/mol. The molecule has 0 fully saturated rings. The average molecular weight is 533 g/mol. The van der Waals surface area contributed by atoms with E-state index in [1.165, 1.54) is 25.3 Å². The minimum atomic E-state index is -3.92. The Hall–Kier alpha value is -3.14. The van der Waals surface area contributed by atoms with Crippen LogP contribution in [0.1, 0.15) is 32.3 Å². The molecule has 4 rings (SSSR count). The Morgan fingerprint density at radius 1 is 1.25 bits per heavy atom. The number of nitrogens with one attached hydrogen (secondary N) is 2. The number of fused-ring (bicyclic) bond motifs is 2. The average Bonchev–Trinajstić information content (AvgIpc) is 2.83. The summed E-state index contributed by atoms with van der Waals surface area (Å²) < 4.78 is 50.5. The topological polar surface area (TPSA) is 139 Å². The molecule has 12 heteroatoms. The normalized spacial score (nSPS) is 18.3. The van der Waals surface area contributed by atoms with Gasteiger partial charge in [-0.3, -0.25) is 14.1 Å². The van der Waals surface area contributed by atoms with E-state index in [0.717, 1.165) is 19.1 Å². The predicted molar refractivity (Wildman–Crippen MR) is 143 cm³/mol. The fourth-order valence-corrected chi connectivity index (χ4v) is 6.21. The molecule has 10 nitrogen and oxygen atoms in total. The number of para-hydroxylation sites is 1. The number of anilines is 2. The van der Waals surface area contributed by atoms with E-state index < -0.39 is 23.1 Å². The van der Waals surface area contributed by atoms with Crippen LogP contribution >= 0.6 is 7.52 Å². The summed E-state index contributed by atoms with van der Waals surface area (Å²) in [6, 6.07) is 11.4. The third-order valence-corrected chi connectivity index (χ3v) is 8.81. The molecular weight excluding hydrogens is 503 g/mol. The highest BCUT2D eigenvalue weighted by molar-refractivity contribution is 7.92. The van der Waals surface area contributed by atoms with Crippen molar-refractivity contribution < 1.29 is 22.6 Å². The molecule has 192 valence electrons. The first-order valence-corrected chi connectivity index (χ1v) is 14.9. The minimum Gasteiger partial charge on any atom is -0.506 e. The highest BCUT2D eigenvalue weighted by atomic mass is 32.2. The zero-order valence-corrected chi connectivity index (χ0v) is 22.2. The van der Waals surface area contributed by atoms with Crippen molar-refractivity contribution in [1.82, 2.24) is 4.57 Å². The van der Waals surface area contributed by atoms with Crippen molar-refractivity contribution in [3.8, 4) is 5.75 Å². The molecule has 3 aromatic rings. The summed E-state index contributed by atoms with van der Waals surface area (Å²) in [4.78, 5) is 13.7. The van der Waals surface area contributed by atoms with E-state index in [1.807, 2.05) is 0 Å². The maximum atomic E-state index is 13.7. The van der Waals surface area contributed by atoms with Crippen LogP contribution in [0, 0.1) is 5.92 Å². The van der Waals surface area contributed by atoms with Gasteiger partial charge in [-0.25, -0.2) is 8.42 Å². The molecular formula is C24H29N4O6PS. The van der Waals surface area contributed by atoms with E-state index in [-0.39, 0.29) is 28.1 Å². The SMILES string of the molecule is CCC(C)CCn1c(=O)c(C2=NP(=O)(OC)c3cc(NS(C)(=O)=O)ccc3N2)c(O)c2ccccc21. The van der Waals surface area contributed by atoms with Gasteiger partial charge in [0.25, 0.3) is 5.56 Å². The van der Waals surface area contributed by atoms with Gasteiger partial charge in [-0.05, 0) is 42.7 Å². The van der Waals surface area contributed by atoms with Gasteiger partial charge in [-0.1, -0.05) is 32.4 Å². The molecule has 2 unspecified atom stereocenters. The lowest BCUT2D eigenvalue weighted by Gasteiger charge is -2.25. The van der Waals surface area contributed by atoms with E-state index in [9.17, 15) is 22.9 Å². The molecule has 1 aliphatic heterocycles. The maximum Gasteiger partial charge on any atom is 0.348 e. The molecule has 0 radical (unpaired) electrons. The number of aromatic hydroxyl groups is 1. The number of hydrogen-bond donors (Lipinski definition) is 3. The summed E-state index contributed by atoms with van der Waals surface area (Å²) in [7, 11) is -6.26. The van der Waals surface area contributed by atoms with Crippen LogP contribution in [-0.2, 0) is 25.7 Å². The number of benzene rings is 2. The molecule has 2 aromatic carbocycles. The van der Waals surface area contributed by atoms with Crippen molar-refractivity contribution in [2.45, 2.75) is 33.2 Å². The Bertz CT molecular complexity index is 1580. The van der Waals surface area contributed by atoms with Crippen LogP contribution in [-0.4, -0.2) is 37.3 Å². The summed E-state index contributed by atoms with van der Waals surface area (Å²) in [6.07, 6.45) is 2.74. The summed E-state index contributed by atoms with van der Waals surface area (Å²) in [6.45, 7) is 4.64. The summed E-state index contributed by atoms with van der Waals surface area (Å²) in [5.74, 6) is 0.0403. The van der Waals surface area contributed by atoms with Crippen molar-refractivity contribution in [3.63, 3.8) is 0 Å². The number of sulfonamides is 1. The summed E-state index contributed by atoms with van der Waals surface area (Å²) in [5, 5.41) is 14.7. The predicted octanol–water partition coefficient (Wildman–Crippen LogP) is 3.85. The molecule has 1 aromatic heterocycles. The van der Waals surface area contributed by atoms with Crippen LogP contribution in [0.15, 0.2) is 52.0 Å². The molecule has 2 heterocycles. The molecule has 2 atom stereocenters. The third kappa shape index (κ3) is 4.91. The highest BCUT2D eigenvalue weighted by Gasteiger charge is 2.35. The van der Waals surface area contributed by atoms with Crippen LogP contribution in [0.2, 0.25) is 0 Å². The van der Waals surface area contributed by atoms with Gasteiger partial charge in [-0.15, -0.1) is 0 Å². The van der Waals surface area contributed by atoms with Crippen molar-refractivity contribution in [1.29, 1.82) is 0 Å². The molecule has 0 aliphatic carbocycles. The largest absolute Gasteiger partial charge is 0.506 e. The number of amidine groups is 1. The molecule has 0 saturated heterocycles. The van der Waals surface area contributed by atoms with Gasteiger partial charge in [-0.2, -0.15) is 4.76 Å². The maximum absolute atomic E-state index is 13.7. The van der Waals surface area contributed by atoms with Crippen LogP contribution in [0.4, 0.5) is 11.4 Å². The van der Waals surface area contributed by atoms with Gasteiger partial charge in [0.1, 0.15) is 11.3 Å². The molecule has 3 N–H and O–H groups in total. The van der Waals surface area contributed by atoms with E-state index in [2.05, 4.69) is 28.6 Å². The first-order valence-electron chi connectivity index (χ1n) is 11.5. The molecule has 0 spiro atoms. The Morgan fingerprint density at radius 2 is 1.97 bits per heavy atom. The van der Waals surface area contributed by atoms with Gasteiger partial charge < -0.3 is 19.5 Å². The Balaban J connectivity index is 1.89. The van der Waals surface area contributed by atoms with Crippen LogP contribution in [0.5, 0.6) is 5.75 Å². The second-order valence-corrected chi connectivity index (χ2v) is 12.7. The molecule has 0 saturated carbocycles. The Labute approximate surface area is 209 Å². The fraction of sp³-hybridized carbons (Fsp3) is 0.333. The molecule has 36 heavy (non-hydrogen) atoms. The number of pyridine rings is 1. The lowest BCUT2D eigenvalue weighted by atomic mass is 10.0. The van der Waals surface area contributed by atoms with Gasteiger partial charge in [0.2, 0.25) is 10.0 Å². The Kier molecular flexibility index (Phi) is 7.01. The van der Waals surface area contributed by atoms with E-state index in [1.54, 1.807) is 28.8 Å². The van der Waals surface area contributed by atoms with Crippen molar-refractivity contribution in [2.75, 3.05) is 23.4 Å². The molecule has 1 aliphatic rings. The van der Waals surface area contributed by atoms with Crippen LogP contribution in [0.25, 0.3) is 10.9 Å². The number of nitrogens with zero attached hydrogens (tertiary/aromatic N) is 2. The lowest BCUT2D eigenvalue weighted by Crippen LogP contribution is -2.33. The van der Waals surface area contributed by atoms with E-state index >= 15 is 0 Å². The standard InChI is InChI=1S/C24H29N4O6PS/c1-5-15(2)12-13-28-19-9-7-6-8-17(19)22(29)21(24(28)30)23-25-18-11-10-16(27-36(4,32)33)14-20(18)35(31,26-23)34-3/h6-11,14-15,27,29H,5,12-13H2,1-4H3,(H,25,26,31). The second kappa shape index (κ2) is 9.72. The number of aromatic nitrogens is 1. The highest BCUT2D eigenvalue weighted by Crippen LogP contribution is 2.52. The first-order chi connectivity index (χ1) is 17.0. The van der Waals surface area contributed by atoms with Gasteiger partial charge in [0.05, 0.1) is 22.8 Å². The van der Waals surface area contributed by atoms with Gasteiger partial charge >= 0.3 is 7.52 Å². The summed E-state index contributed by atoms with van der Waals surface area (Å²) >= 11 is 0. The van der Waals surface area contributed by atoms with Crippen molar-refractivity contribution >= 4 is 51.0 Å². The quantitative estimate of drug-likeness (QED) is 0.375. The van der Waals surface area contributed by atoms with Crippen LogP contribution in [0.3, 0.4) is 0 Å². The molecule has 0 amide bonds. The third-order valence-electron chi connectivity index (χ3n) is 6.26. The van der Waals surface area contributed by atoms with E-state index in [4.69, 9.17) is 4.52 Å². The smallest absolute Gasteiger partial charge is 0.348 e.